The zero-order valence-electron chi connectivity index (χ0n) is 13.0. The fourth-order valence-electron chi connectivity index (χ4n) is 2.36. The lowest BCUT2D eigenvalue weighted by molar-refractivity contribution is 0.103. The Morgan fingerprint density at radius 1 is 1.21 bits per heavy atom. The van der Waals surface area contributed by atoms with E-state index in [1.165, 1.54) is 22.7 Å². The molecule has 0 aliphatic carbocycles. The smallest absolute Gasteiger partial charge is 0.265 e. The maximum atomic E-state index is 12.2. The molecule has 0 atom stereocenters. The molecular formula is C16H13N5OS2. The minimum absolute atomic E-state index is 0.0877. The van der Waals surface area contributed by atoms with Gasteiger partial charge in [0, 0.05) is 11.3 Å². The van der Waals surface area contributed by atoms with E-state index in [1.807, 2.05) is 49.6 Å². The lowest BCUT2D eigenvalue weighted by Gasteiger charge is -2.08. The molecule has 0 saturated heterocycles. The van der Waals surface area contributed by atoms with E-state index in [1.54, 1.807) is 4.52 Å². The number of hydrogen-bond acceptors (Lipinski definition) is 6. The highest BCUT2D eigenvalue weighted by Gasteiger charge is 2.13. The Hall–Kier alpha value is -2.58. The number of hydrogen-bond donors (Lipinski definition) is 1. The van der Waals surface area contributed by atoms with Gasteiger partial charge in [0.15, 0.2) is 5.82 Å². The molecule has 0 saturated carbocycles. The SMILES string of the molecule is Cc1cc(-c2nn3c(C)nnc3s2)ccc1NC(=O)c1cccs1. The molecule has 4 aromatic rings. The van der Waals surface area contributed by atoms with Crippen LogP contribution in [-0.2, 0) is 0 Å². The van der Waals surface area contributed by atoms with Crippen LogP contribution in [0.3, 0.4) is 0 Å². The number of anilines is 1. The minimum atomic E-state index is -0.0877. The first-order chi connectivity index (χ1) is 11.6. The highest BCUT2D eigenvalue weighted by atomic mass is 32.1. The van der Waals surface area contributed by atoms with Crippen molar-refractivity contribution in [1.29, 1.82) is 0 Å². The first-order valence-corrected chi connectivity index (χ1v) is 8.96. The second kappa shape index (κ2) is 5.81. The van der Waals surface area contributed by atoms with Crippen LogP contribution < -0.4 is 5.32 Å². The Morgan fingerprint density at radius 2 is 2.08 bits per heavy atom. The highest BCUT2D eigenvalue weighted by molar-refractivity contribution is 7.19. The number of aryl methyl sites for hydroxylation is 2. The van der Waals surface area contributed by atoms with Crippen LogP contribution in [0.4, 0.5) is 5.69 Å². The fraction of sp³-hybridized carbons (Fsp3) is 0.125. The molecule has 0 fully saturated rings. The zero-order valence-corrected chi connectivity index (χ0v) is 14.6. The van der Waals surface area contributed by atoms with Crippen LogP contribution in [0.15, 0.2) is 35.7 Å². The Balaban J connectivity index is 1.62. The number of fused-ring (bicyclic) bond motifs is 1. The van der Waals surface area contributed by atoms with E-state index in [2.05, 4.69) is 20.6 Å². The normalized spacial score (nSPS) is 11.1. The molecule has 0 bridgehead atoms. The van der Waals surface area contributed by atoms with Crippen molar-refractivity contribution in [3.8, 4) is 10.6 Å². The maximum Gasteiger partial charge on any atom is 0.265 e. The van der Waals surface area contributed by atoms with E-state index < -0.39 is 0 Å². The predicted octanol–water partition coefficient (Wildman–Crippen LogP) is 3.78. The summed E-state index contributed by atoms with van der Waals surface area (Å²) in [6.45, 7) is 3.84. The highest BCUT2D eigenvalue weighted by Crippen LogP contribution is 2.29. The van der Waals surface area contributed by atoms with Gasteiger partial charge in [-0.25, -0.2) is 0 Å². The number of nitrogens with one attached hydrogen (secondary N) is 1. The average molecular weight is 355 g/mol. The maximum absolute atomic E-state index is 12.2. The number of benzene rings is 1. The third kappa shape index (κ3) is 2.59. The Kier molecular flexibility index (Phi) is 3.62. The van der Waals surface area contributed by atoms with E-state index >= 15 is 0 Å². The number of amides is 1. The third-order valence-corrected chi connectivity index (χ3v) is 5.43. The molecule has 120 valence electrons. The molecule has 6 nitrogen and oxygen atoms in total. The van der Waals surface area contributed by atoms with Gasteiger partial charge in [-0.2, -0.15) is 9.61 Å². The first kappa shape index (κ1) is 15.0. The molecule has 1 aromatic carbocycles. The minimum Gasteiger partial charge on any atom is -0.321 e. The molecule has 24 heavy (non-hydrogen) atoms. The van der Waals surface area contributed by atoms with Gasteiger partial charge in [0.25, 0.3) is 5.91 Å². The van der Waals surface area contributed by atoms with Gasteiger partial charge in [0.2, 0.25) is 4.96 Å². The van der Waals surface area contributed by atoms with Crippen molar-refractivity contribution in [1.82, 2.24) is 19.8 Å². The summed E-state index contributed by atoms with van der Waals surface area (Å²) in [6, 6.07) is 9.56. The molecule has 1 amide bonds. The van der Waals surface area contributed by atoms with Crippen molar-refractivity contribution in [3.05, 3.63) is 52.0 Å². The second-order valence-corrected chi connectivity index (χ2v) is 7.21. The van der Waals surface area contributed by atoms with Gasteiger partial charge in [-0.1, -0.05) is 17.4 Å². The summed E-state index contributed by atoms with van der Waals surface area (Å²) in [5.41, 5.74) is 2.79. The number of nitrogens with zero attached hydrogens (tertiary/aromatic N) is 4. The summed E-state index contributed by atoms with van der Waals surface area (Å²) in [5, 5.41) is 18.3. The van der Waals surface area contributed by atoms with Crippen LogP contribution in [0.5, 0.6) is 0 Å². The zero-order chi connectivity index (χ0) is 16.7. The van der Waals surface area contributed by atoms with Crippen LogP contribution in [0.25, 0.3) is 15.5 Å². The fourth-order valence-corrected chi connectivity index (χ4v) is 3.86. The summed E-state index contributed by atoms with van der Waals surface area (Å²) >= 11 is 2.92. The van der Waals surface area contributed by atoms with Crippen molar-refractivity contribution >= 4 is 39.2 Å². The van der Waals surface area contributed by atoms with E-state index in [0.717, 1.165) is 32.6 Å². The van der Waals surface area contributed by atoms with E-state index in [0.29, 0.717) is 4.88 Å². The van der Waals surface area contributed by atoms with Crippen molar-refractivity contribution in [2.24, 2.45) is 0 Å². The van der Waals surface area contributed by atoms with Gasteiger partial charge in [0.1, 0.15) is 5.01 Å². The van der Waals surface area contributed by atoms with Crippen molar-refractivity contribution in [2.45, 2.75) is 13.8 Å². The molecular weight excluding hydrogens is 342 g/mol. The van der Waals surface area contributed by atoms with Crippen molar-refractivity contribution in [3.63, 3.8) is 0 Å². The molecule has 3 heterocycles. The monoisotopic (exact) mass is 355 g/mol. The lowest BCUT2D eigenvalue weighted by Crippen LogP contribution is -2.11. The molecule has 1 N–H and O–H groups in total. The van der Waals surface area contributed by atoms with E-state index in [4.69, 9.17) is 0 Å². The van der Waals surface area contributed by atoms with E-state index in [9.17, 15) is 4.79 Å². The molecule has 0 aliphatic heterocycles. The number of carbonyl (C=O) groups is 1. The summed E-state index contributed by atoms with van der Waals surface area (Å²) in [6.07, 6.45) is 0. The lowest BCUT2D eigenvalue weighted by atomic mass is 10.1. The predicted molar refractivity (Wildman–Crippen MR) is 95.8 cm³/mol. The van der Waals surface area contributed by atoms with Gasteiger partial charge in [0.05, 0.1) is 4.88 Å². The van der Waals surface area contributed by atoms with Gasteiger partial charge in [-0.15, -0.1) is 21.5 Å². The van der Waals surface area contributed by atoms with Gasteiger partial charge in [-0.3, -0.25) is 4.79 Å². The summed E-state index contributed by atoms with van der Waals surface area (Å²) in [5.74, 6) is 0.680. The van der Waals surface area contributed by atoms with Crippen LogP contribution in [0.1, 0.15) is 21.1 Å². The standard InChI is InChI=1S/C16H13N5OS2/c1-9-8-11(15-20-21-10(2)18-19-16(21)24-15)5-6-12(9)17-14(22)13-4-3-7-23-13/h3-8H,1-2H3,(H,17,22). The number of aromatic nitrogens is 4. The molecule has 8 heteroatoms. The van der Waals surface area contributed by atoms with Crippen LogP contribution in [0, 0.1) is 13.8 Å². The molecule has 0 spiro atoms. The number of rotatable bonds is 3. The van der Waals surface area contributed by atoms with Gasteiger partial charge >= 0.3 is 0 Å². The first-order valence-electron chi connectivity index (χ1n) is 7.26. The third-order valence-electron chi connectivity index (χ3n) is 3.61. The largest absolute Gasteiger partial charge is 0.321 e. The molecule has 0 aliphatic rings. The topological polar surface area (TPSA) is 72.2 Å². The van der Waals surface area contributed by atoms with Crippen LogP contribution in [0.2, 0.25) is 0 Å². The van der Waals surface area contributed by atoms with Crippen molar-refractivity contribution < 1.29 is 4.79 Å². The molecule has 0 unspecified atom stereocenters. The number of carbonyl (C=O) groups excluding carboxylic acids is 1. The second-order valence-electron chi connectivity index (χ2n) is 5.31. The number of thiophene rings is 1. The van der Waals surface area contributed by atoms with Gasteiger partial charge < -0.3 is 5.32 Å². The molecule has 4 rings (SSSR count). The Labute approximate surface area is 145 Å². The van der Waals surface area contributed by atoms with Crippen LogP contribution >= 0.6 is 22.7 Å². The molecule has 3 aromatic heterocycles. The quantitative estimate of drug-likeness (QED) is 0.607. The molecule has 0 radical (unpaired) electrons. The van der Waals surface area contributed by atoms with Crippen LogP contribution in [-0.4, -0.2) is 25.7 Å². The van der Waals surface area contributed by atoms with Crippen molar-refractivity contribution in [2.75, 3.05) is 5.32 Å². The van der Waals surface area contributed by atoms with E-state index in [-0.39, 0.29) is 5.91 Å². The summed E-state index contributed by atoms with van der Waals surface area (Å²) in [7, 11) is 0. The summed E-state index contributed by atoms with van der Waals surface area (Å²) in [4.78, 5) is 13.6. The Morgan fingerprint density at radius 3 is 2.79 bits per heavy atom. The summed E-state index contributed by atoms with van der Waals surface area (Å²) < 4.78 is 1.74. The Bertz CT molecular complexity index is 1030. The van der Waals surface area contributed by atoms with Gasteiger partial charge in [-0.05, 0) is 49.1 Å². The average Bonchev–Trinajstić information content (AvgIpc) is 3.28.